The third-order valence-electron chi connectivity index (χ3n) is 6.73. The highest BCUT2D eigenvalue weighted by molar-refractivity contribution is 5.93. The van der Waals surface area contributed by atoms with E-state index in [2.05, 4.69) is 15.5 Å². The van der Waals surface area contributed by atoms with Gasteiger partial charge in [0, 0.05) is 31.6 Å². The van der Waals surface area contributed by atoms with Gasteiger partial charge >= 0.3 is 0 Å². The standard InChI is InChI=1S/C22H25N3O4.ClH/c26-18-9-20(29-19-6-2-1-4-15(18)19)22(28)24-12-17-14-8-13(10-23-11-14)16-5-3-7-21(27)25(16)17;/h1-2,4,6,9,13-14,16-17,23H,3,5,7-8,10-12H2,(H,24,28);1H/t13-,14+,16+,17+;/m1./s1. The molecule has 2 aromatic rings. The molecule has 4 atom stereocenters. The molecule has 2 N–H and O–H groups in total. The van der Waals surface area contributed by atoms with Gasteiger partial charge in [0.2, 0.25) is 5.91 Å². The highest BCUT2D eigenvalue weighted by Crippen LogP contribution is 2.39. The lowest BCUT2D eigenvalue weighted by molar-refractivity contribution is -0.148. The van der Waals surface area contributed by atoms with Crippen molar-refractivity contribution in [2.24, 2.45) is 11.8 Å². The van der Waals surface area contributed by atoms with Crippen molar-refractivity contribution >= 4 is 35.2 Å². The molecule has 2 amide bonds. The van der Waals surface area contributed by atoms with Crippen molar-refractivity contribution in [1.82, 2.24) is 15.5 Å². The van der Waals surface area contributed by atoms with Gasteiger partial charge in [-0.1, -0.05) is 12.1 Å². The fraction of sp³-hybridized carbons (Fsp3) is 0.500. The van der Waals surface area contributed by atoms with Gasteiger partial charge in [-0.2, -0.15) is 0 Å². The maximum atomic E-state index is 12.7. The van der Waals surface area contributed by atoms with Gasteiger partial charge in [0.15, 0.2) is 11.2 Å². The molecule has 0 radical (unpaired) electrons. The van der Waals surface area contributed by atoms with Crippen LogP contribution in [0, 0.1) is 11.8 Å². The first kappa shape index (κ1) is 20.9. The average molecular weight is 432 g/mol. The molecule has 1 aromatic carbocycles. The minimum atomic E-state index is -0.417. The number of nitrogens with one attached hydrogen (secondary N) is 2. The number of hydrogen-bond acceptors (Lipinski definition) is 5. The largest absolute Gasteiger partial charge is 0.451 e. The zero-order valence-electron chi connectivity index (χ0n) is 16.6. The molecule has 0 spiro atoms. The molecule has 4 heterocycles. The topological polar surface area (TPSA) is 91.7 Å². The summed E-state index contributed by atoms with van der Waals surface area (Å²) in [7, 11) is 0. The lowest BCUT2D eigenvalue weighted by atomic mass is 9.72. The zero-order valence-corrected chi connectivity index (χ0v) is 17.5. The highest BCUT2D eigenvalue weighted by atomic mass is 35.5. The summed E-state index contributed by atoms with van der Waals surface area (Å²) >= 11 is 0. The van der Waals surface area contributed by atoms with Crippen LogP contribution >= 0.6 is 12.4 Å². The summed E-state index contributed by atoms with van der Waals surface area (Å²) < 4.78 is 5.65. The van der Waals surface area contributed by atoms with Gasteiger partial charge in [-0.15, -0.1) is 12.4 Å². The maximum Gasteiger partial charge on any atom is 0.287 e. The summed E-state index contributed by atoms with van der Waals surface area (Å²) in [6.07, 6.45) is 3.66. The van der Waals surface area contributed by atoms with Crippen LogP contribution in [0.25, 0.3) is 11.0 Å². The Labute approximate surface area is 180 Å². The predicted molar refractivity (Wildman–Crippen MR) is 115 cm³/mol. The Morgan fingerprint density at radius 1 is 1.20 bits per heavy atom. The summed E-state index contributed by atoms with van der Waals surface area (Å²) in [5.74, 6) is 0.624. The minimum Gasteiger partial charge on any atom is -0.451 e. The number of halogens is 1. The van der Waals surface area contributed by atoms with Crippen LogP contribution in [0.15, 0.2) is 39.5 Å². The Balaban J connectivity index is 0.00000218. The van der Waals surface area contributed by atoms with Gasteiger partial charge in [0.05, 0.1) is 11.4 Å². The summed E-state index contributed by atoms with van der Waals surface area (Å²) in [5, 5.41) is 6.88. The molecule has 1 aromatic heterocycles. The summed E-state index contributed by atoms with van der Waals surface area (Å²) in [4.78, 5) is 39.8. The number of para-hydroxylation sites is 1. The number of rotatable bonds is 3. The molecule has 3 saturated heterocycles. The first-order valence-electron chi connectivity index (χ1n) is 10.4. The Morgan fingerprint density at radius 2 is 2.00 bits per heavy atom. The van der Waals surface area contributed by atoms with Crippen LogP contribution in [0.3, 0.4) is 0 Å². The molecule has 2 bridgehead atoms. The molecule has 30 heavy (non-hydrogen) atoms. The molecule has 0 unspecified atom stereocenters. The smallest absolute Gasteiger partial charge is 0.287 e. The van der Waals surface area contributed by atoms with Gasteiger partial charge in [-0.3, -0.25) is 14.4 Å². The predicted octanol–water partition coefficient (Wildman–Crippen LogP) is 1.93. The summed E-state index contributed by atoms with van der Waals surface area (Å²) in [6, 6.07) is 8.38. The fourth-order valence-electron chi connectivity index (χ4n) is 5.40. The Hall–Kier alpha value is -2.38. The summed E-state index contributed by atoms with van der Waals surface area (Å²) in [5.41, 5.74) is 0.161. The Bertz CT molecular complexity index is 1020. The first-order valence-corrected chi connectivity index (χ1v) is 10.4. The zero-order chi connectivity index (χ0) is 20.0. The number of carbonyl (C=O) groups excluding carboxylic acids is 2. The van der Waals surface area contributed by atoms with Gasteiger partial charge in [-0.25, -0.2) is 0 Å². The number of carbonyl (C=O) groups is 2. The van der Waals surface area contributed by atoms with Crippen LogP contribution in [0.5, 0.6) is 0 Å². The average Bonchev–Trinajstić information content (AvgIpc) is 2.74. The Kier molecular flexibility index (Phi) is 5.84. The number of benzene rings is 1. The molecular formula is C22H26ClN3O4. The SMILES string of the molecule is Cl.O=C(NC[C@H]1[C@@H]2CNC[C@@H](C2)[C@@H]2CCCC(=O)N21)c1cc(=O)c2ccccc2o1. The molecule has 3 fully saturated rings. The molecule has 3 aliphatic heterocycles. The molecule has 5 rings (SSSR count). The fourth-order valence-corrected chi connectivity index (χ4v) is 5.40. The number of nitrogens with zero attached hydrogens (tertiary/aromatic N) is 1. The molecule has 160 valence electrons. The molecule has 0 saturated carbocycles. The normalized spacial score (nSPS) is 27.9. The van der Waals surface area contributed by atoms with Crippen LogP contribution in [-0.4, -0.2) is 48.4 Å². The van der Waals surface area contributed by atoms with Gasteiger partial charge in [-0.05, 0) is 49.8 Å². The van der Waals surface area contributed by atoms with E-state index in [4.69, 9.17) is 4.42 Å². The van der Waals surface area contributed by atoms with Gasteiger partial charge in [0.1, 0.15) is 5.58 Å². The van der Waals surface area contributed by atoms with Crippen molar-refractivity contribution in [2.45, 2.75) is 37.8 Å². The highest BCUT2D eigenvalue weighted by Gasteiger charge is 2.47. The van der Waals surface area contributed by atoms with Crippen molar-refractivity contribution in [1.29, 1.82) is 0 Å². The lowest BCUT2D eigenvalue weighted by Gasteiger charge is -2.54. The van der Waals surface area contributed by atoms with E-state index in [-0.39, 0.29) is 41.6 Å². The summed E-state index contributed by atoms with van der Waals surface area (Å²) in [6.45, 7) is 2.20. The molecular weight excluding hydrogens is 406 g/mol. The van der Waals surface area contributed by atoms with E-state index in [0.29, 0.717) is 35.8 Å². The van der Waals surface area contributed by atoms with Crippen LogP contribution in [-0.2, 0) is 4.79 Å². The van der Waals surface area contributed by atoms with Crippen LogP contribution < -0.4 is 16.1 Å². The second-order valence-electron chi connectivity index (χ2n) is 8.42. The molecule has 7 nitrogen and oxygen atoms in total. The van der Waals surface area contributed by atoms with E-state index in [0.717, 1.165) is 32.4 Å². The van der Waals surface area contributed by atoms with Crippen molar-refractivity contribution in [3.8, 4) is 0 Å². The van der Waals surface area contributed by atoms with E-state index >= 15 is 0 Å². The number of amides is 2. The van der Waals surface area contributed by atoms with E-state index in [1.165, 1.54) is 6.07 Å². The van der Waals surface area contributed by atoms with Crippen molar-refractivity contribution < 1.29 is 14.0 Å². The lowest BCUT2D eigenvalue weighted by Crippen LogP contribution is -2.66. The third-order valence-corrected chi connectivity index (χ3v) is 6.73. The van der Waals surface area contributed by atoms with E-state index in [9.17, 15) is 14.4 Å². The maximum absolute atomic E-state index is 12.7. The second kappa shape index (κ2) is 8.40. The van der Waals surface area contributed by atoms with Crippen LogP contribution in [0.4, 0.5) is 0 Å². The van der Waals surface area contributed by atoms with Crippen molar-refractivity contribution in [3.05, 3.63) is 46.3 Å². The monoisotopic (exact) mass is 431 g/mol. The van der Waals surface area contributed by atoms with E-state index in [1.807, 2.05) is 0 Å². The number of hydrogen-bond donors (Lipinski definition) is 2. The third kappa shape index (κ3) is 3.61. The van der Waals surface area contributed by atoms with E-state index in [1.54, 1.807) is 24.3 Å². The molecule has 3 aliphatic rings. The van der Waals surface area contributed by atoms with Crippen LogP contribution in [0.2, 0.25) is 0 Å². The van der Waals surface area contributed by atoms with Crippen LogP contribution in [0.1, 0.15) is 36.2 Å². The molecule has 0 aliphatic carbocycles. The minimum absolute atomic E-state index is 0. The van der Waals surface area contributed by atoms with Gasteiger partial charge in [0.25, 0.3) is 5.91 Å². The van der Waals surface area contributed by atoms with E-state index < -0.39 is 5.91 Å². The first-order chi connectivity index (χ1) is 14.1. The number of piperidine rings is 3. The van der Waals surface area contributed by atoms with Gasteiger partial charge < -0.3 is 20.0 Å². The quantitative estimate of drug-likeness (QED) is 0.774. The van der Waals surface area contributed by atoms with Crippen molar-refractivity contribution in [3.63, 3.8) is 0 Å². The molecule has 8 heteroatoms. The number of fused-ring (bicyclic) bond motifs is 5. The van der Waals surface area contributed by atoms with Crippen molar-refractivity contribution in [2.75, 3.05) is 19.6 Å². The second-order valence-corrected chi connectivity index (χ2v) is 8.42. The Morgan fingerprint density at radius 3 is 2.87 bits per heavy atom.